The van der Waals surface area contributed by atoms with Crippen LogP contribution in [0.5, 0.6) is 0 Å². The molecule has 0 radical (unpaired) electrons. The summed E-state index contributed by atoms with van der Waals surface area (Å²) in [4.78, 5) is 48.6. The molecule has 1 unspecified atom stereocenters. The van der Waals surface area contributed by atoms with Crippen molar-refractivity contribution in [2.24, 2.45) is 0 Å². The number of likely N-dealkylation sites (N-methyl/N-ethyl adjacent to an activating group) is 1. The molecular weight excluding hydrogens is 328 g/mol. The van der Waals surface area contributed by atoms with Gasteiger partial charge in [-0.25, -0.2) is 4.79 Å². The van der Waals surface area contributed by atoms with E-state index >= 15 is 0 Å². The molecule has 0 aliphatic rings. The molecule has 3 N–H and O–H groups in total. The van der Waals surface area contributed by atoms with Gasteiger partial charge in [0, 0.05) is 6.42 Å². The van der Waals surface area contributed by atoms with Gasteiger partial charge in [0.2, 0.25) is 11.8 Å². The minimum Gasteiger partial charge on any atom is -0.458 e. The second kappa shape index (κ2) is 10.5. The van der Waals surface area contributed by atoms with Gasteiger partial charge in [-0.2, -0.15) is 0 Å². The van der Waals surface area contributed by atoms with Crippen molar-refractivity contribution in [1.82, 2.24) is 15.5 Å². The zero-order valence-electron chi connectivity index (χ0n) is 15.5. The van der Waals surface area contributed by atoms with Crippen LogP contribution < -0.4 is 10.6 Å². The average Bonchev–Trinajstić information content (AvgIpc) is 2.46. The summed E-state index contributed by atoms with van der Waals surface area (Å²) in [6, 6.07) is -1.03. The lowest BCUT2D eigenvalue weighted by atomic mass is 10.1. The van der Waals surface area contributed by atoms with Gasteiger partial charge in [0.25, 0.3) is 0 Å². The topological polar surface area (TPSA) is 129 Å². The van der Waals surface area contributed by atoms with Gasteiger partial charge in [0.05, 0.1) is 19.3 Å². The Kier molecular flexibility index (Phi) is 9.58. The maximum absolute atomic E-state index is 12.2. The van der Waals surface area contributed by atoms with Gasteiger partial charge in [-0.1, -0.05) is 0 Å². The van der Waals surface area contributed by atoms with E-state index in [0.29, 0.717) is 6.21 Å². The van der Waals surface area contributed by atoms with Gasteiger partial charge in [0.1, 0.15) is 11.6 Å². The lowest BCUT2D eigenvalue weighted by molar-refractivity contribution is -0.158. The molecule has 0 aliphatic carbocycles. The van der Waals surface area contributed by atoms with E-state index in [1.54, 1.807) is 39.8 Å². The van der Waals surface area contributed by atoms with Crippen LogP contribution in [0, 0.1) is 5.41 Å². The number of hydrogen-bond acceptors (Lipinski definition) is 7. The normalized spacial score (nSPS) is 12.2. The van der Waals surface area contributed by atoms with Crippen LogP contribution in [0.1, 0.15) is 33.6 Å². The van der Waals surface area contributed by atoms with Gasteiger partial charge in [0.15, 0.2) is 5.78 Å². The summed E-state index contributed by atoms with van der Waals surface area (Å²) in [5, 5.41) is 11.8. The Bertz CT molecular complexity index is 511. The Hall–Kier alpha value is -2.29. The van der Waals surface area contributed by atoms with Crippen LogP contribution in [0.2, 0.25) is 0 Å². The fourth-order valence-electron chi connectivity index (χ4n) is 1.75. The maximum atomic E-state index is 12.2. The van der Waals surface area contributed by atoms with Crippen LogP contribution in [-0.4, -0.2) is 73.5 Å². The fourth-order valence-corrected chi connectivity index (χ4v) is 1.75. The summed E-state index contributed by atoms with van der Waals surface area (Å²) < 4.78 is 5.23. The quantitative estimate of drug-likeness (QED) is 0.357. The van der Waals surface area contributed by atoms with Gasteiger partial charge >= 0.3 is 5.97 Å². The molecule has 0 bridgehead atoms. The van der Waals surface area contributed by atoms with Crippen molar-refractivity contribution in [3.63, 3.8) is 0 Å². The summed E-state index contributed by atoms with van der Waals surface area (Å²) in [7, 11) is 3.44. The van der Waals surface area contributed by atoms with Gasteiger partial charge in [-0.3, -0.25) is 14.4 Å². The number of carbonyl (C=O) groups excluding carboxylic acids is 4. The summed E-state index contributed by atoms with van der Waals surface area (Å²) >= 11 is 0. The molecule has 0 fully saturated rings. The largest absolute Gasteiger partial charge is 0.458 e. The predicted molar refractivity (Wildman–Crippen MR) is 92.4 cm³/mol. The second-order valence-corrected chi connectivity index (χ2v) is 6.82. The highest BCUT2D eigenvalue weighted by atomic mass is 16.6. The minimum absolute atomic E-state index is 0.0144. The Morgan fingerprint density at radius 2 is 1.76 bits per heavy atom. The van der Waals surface area contributed by atoms with E-state index in [4.69, 9.17) is 10.1 Å². The van der Waals surface area contributed by atoms with Crippen LogP contribution in [0.4, 0.5) is 0 Å². The Labute approximate surface area is 148 Å². The van der Waals surface area contributed by atoms with E-state index in [1.807, 2.05) is 0 Å². The second-order valence-electron chi connectivity index (χ2n) is 6.82. The Morgan fingerprint density at radius 3 is 2.24 bits per heavy atom. The van der Waals surface area contributed by atoms with Gasteiger partial charge in [-0.15, -0.1) is 0 Å². The Morgan fingerprint density at radius 1 is 1.16 bits per heavy atom. The standard InChI is InChI=1S/C16H28N4O5/c1-16(2,3)25-15(24)12(7-6-11(21)8-17)19-13(22)9-18-14(23)10-20(4)5/h8,12,17H,6-7,9-10H2,1-5H3,(H,18,23)(H,19,22). The number of hydrogen-bond donors (Lipinski definition) is 3. The molecule has 0 aromatic heterocycles. The summed E-state index contributed by atoms with van der Waals surface area (Å²) in [5.74, 6) is -2.02. The first-order chi connectivity index (χ1) is 11.4. The van der Waals surface area contributed by atoms with Crippen LogP contribution in [0.25, 0.3) is 0 Å². The molecule has 9 heteroatoms. The minimum atomic E-state index is -1.03. The number of amides is 2. The van der Waals surface area contributed by atoms with Crippen molar-refractivity contribution >= 4 is 29.8 Å². The number of rotatable bonds is 10. The van der Waals surface area contributed by atoms with Gasteiger partial charge < -0.3 is 25.7 Å². The highest BCUT2D eigenvalue weighted by Crippen LogP contribution is 2.11. The van der Waals surface area contributed by atoms with Crippen LogP contribution in [0.3, 0.4) is 0 Å². The molecule has 142 valence electrons. The highest BCUT2D eigenvalue weighted by Gasteiger charge is 2.27. The first-order valence-electron chi connectivity index (χ1n) is 7.91. The Balaban J connectivity index is 4.71. The lowest BCUT2D eigenvalue weighted by Gasteiger charge is -2.24. The first-order valence-corrected chi connectivity index (χ1v) is 7.91. The van der Waals surface area contributed by atoms with Crippen LogP contribution in [-0.2, 0) is 23.9 Å². The average molecular weight is 356 g/mol. The van der Waals surface area contributed by atoms with Crippen molar-refractivity contribution in [1.29, 1.82) is 5.41 Å². The lowest BCUT2D eigenvalue weighted by Crippen LogP contribution is -2.48. The molecule has 0 aliphatic heterocycles. The van der Waals surface area contributed by atoms with Gasteiger partial charge in [-0.05, 0) is 41.3 Å². The van der Waals surface area contributed by atoms with E-state index in [1.165, 1.54) is 0 Å². The molecule has 9 nitrogen and oxygen atoms in total. The molecule has 0 rings (SSSR count). The van der Waals surface area contributed by atoms with Crippen molar-refractivity contribution in [3.05, 3.63) is 0 Å². The van der Waals surface area contributed by atoms with Crippen molar-refractivity contribution in [3.8, 4) is 0 Å². The SMILES string of the molecule is CN(C)CC(=O)NCC(=O)NC(CCC(=O)C=N)C(=O)OC(C)(C)C. The maximum Gasteiger partial charge on any atom is 0.329 e. The monoisotopic (exact) mass is 356 g/mol. The highest BCUT2D eigenvalue weighted by molar-refractivity contribution is 6.26. The number of nitrogens with zero attached hydrogens (tertiary/aromatic N) is 1. The zero-order valence-corrected chi connectivity index (χ0v) is 15.5. The predicted octanol–water partition coefficient (Wildman–Crippen LogP) is -0.510. The van der Waals surface area contributed by atoms with E-state index in [0.717, 1.165) is 0 Å². The molecule has 0 aromatic rings. The third-order valence-electron chi connectivity index (χ3n) is 2.77. The number of nitrogens with one attached hydrogen (secondary N) is 3. The van der Waals surface area contributed by atoms with Crippen molar-refractivity contribution in [2.75, 3.05) is 27.2 Å². The summed E-state index contributed by atoms with van der Waals surface area (Å²) in [5.41, 5.74) is -0.744. The number of esters is 1. The third kappa shape index (κ3) is 11.8. The number of ether oxygens (including phenoxy) is 1. The van der Waals surface area contributed by atoms with Crippen LogP contribution in [0.15, 0.2) is 0 Å². The molecule has 0 saturated heterocycles. The molecule has 1 atom stereocenters. The van der Waals surface area contributed by atoms with Crippen molar-refractivity contribution in [2.45, 2.75) is 45.3 Å². The first kappa shape index (κ1) is 22.7. The molecule has 0 spiro atoms. The molecule has 0 heterocycles. The number of ketones is 1. The molecule has 0 saturated carbocycles. The third-order valence-corrected chi connectivity index (χ3v) is 2.77. The number of carbonyl (C=O) groups is 4. The van der Waals surface area contributed by atoms with E-state index in [2.05, 4.69) is 10.6 Å². The summed E-state index contributed by atoms with van der Waals surface area (Å²) in [6.45, 7) is 4.91. The fraction of sp³-hybridized carbons (Fsp3) is 0.688. The summed E-state index contributed by atoms with van der Waals surface area (Å²) in [6.07, 6.45) is 0.608. The smallest absolute Gasteiger partial charge is 0.329 e. The van der Waals surface area contributed by atoms with Crippen molar-refractivity contribution < 1.29 is 23.9 Å². The van der Waals surface area contributed by atoms with E-state index < -0.39 is 29.3 Å². The molecular formula is C16H28N4O5. The molecule has 0 aromatic carbocycles. The molecule has 25 heavy (non-hydrogen) atoms. The van der Waals surface area contributed by atoms with E-state index in [-0.39, 0.29) is 31.8 Å². The van der Waals surface area contributed by atoms with Crippen LogP contribution >= 0.6 is 0 Å². The zero-order chi connectivity index (χ0) is 19.6. The number of Topliss-reactive ketones (excluding diaryl/α,β-unsaturated/α-hetero) is 1. The van der Waals surface area contributed by atoms with E-state index in [9.17, 15) is 19.2 Å². The molecule has 2 amide bonds.